The van der Waals surface area contributed by atoms with Crippen LogP contribution in [0.1, 0.15) is 26.2 Å². The van der Waals surface area contributed by atoms with E-state index >= 15 is 0 Å². The van der Waals surface area contributed by atoms with Gasteiger partial charge in [0.15, 0.2) is 0 Å². The predicted octanol–water partition coefficient (Wildman–Crippen LogP) is 4.55. The number of hydrogen-bond acceptors (Lipinski definition) is 5. The number of pyridine rings is 1. The van der Waals surface area contributed by atoms with Crippen LogP contribution < -0.4 is 15.1 Å². The maximum Gasteiger partial charge on any atom is 0.224 e. The van der Waals surface area contributed by atoms with Gasteiger partial charge in [-0.25, -0.2) is 4.98 Å². The maximum atomic E-state index is 12.8. The maximum absolute atomic E-state index is 12.8. The summed E-state index contributed by atoms with van der Waals surface area (Å²) < 4.78 is 1.26. The Morgan fingerprint density at radius 2 is 2.13 bits per heavy atom. The van der Waals surface area contributed by atoms with Crippen LogP contribution >= 0.6 is 11.3 Å². The average molecular weight is 423 g/mol. The summed E-state index contributed by atoms with van der Waals surface area (Å²) >= 11 is 1.74. The first kappa shape index (κ1) is 20.7. The molecule has 0 aliphatic carbocycles. The average Bonchev–Trinajstić information content (AvgIpc) is 3.29. The Balaban J connectivity index is 1.28. The molecule has 1 N–H and O–H groups in total. The van der Waals surface area contributed by atoms with Crippen molar-refractivity contribution in [2.45, 2.75) is 26.2 Å². The number of nitrogens with one attached hydrogen (secondary N) is 1. The predicted molar refractivity (Wildman–Crippen MR) is 127 cm³/mol. The minimum Gasteiger partial charge on any atom is -0.372 e. The number of aromatic nitrogens is 1. The summed E-state index contributed by atoms with van der Waals surface area (Å²) in [6.07, 6.45) is 4.80. The van der Waals surface area contributed by atoms with Gasteiger partial charge in [-0.3, -0.25) is 4.79 Å². The summed E-state index contributed by atoms with van der Waals surface area (Å²) in [6, 6.07) is 14.7. The van der Waals surface area contributed by atoms with E-state index in [2.05, 4.69) is 68.8 Å². The molecule has 1 atom stereocenters. The van der Waals surface area contributed by atoms with Crippen molar-refractivity contribution >= 4 is 38.8 Å². The summed E-state index contributed by atoms with van der Waals surface area (Å²) in [5.41, 5.74) is 1.24. The summed E-state index contributed by atoms with van der Waals surface area (Å²) in [5, 5.41) is 6.49. The van der Waals surface area contributed by atoms with Gasteiger partial charge in [0.05, 0.1) is 5.92 Å². The van der Waals surface area contributed by atoms with E-state index in [9.17, 15) is 4.79 Å². The first-order valence-electron chi connectivity index (χ1n) is 10.9. The molecule has 3 aromatic rings. The molecule has 3 heterocycles. The van der Waals surface area contributed by atoms with Gasteiger partial charge in [-0.15, -0.1) is 11.3 Å². The number of anilines is 2. The molecule has 1 aliphatic heterocycles. The number of benzene rings is 1. The third-order valence-corrected chi connectivity index (χ3v) is 6.74. The standard InChI is InChI=1S/C24H30N4OS/c1-2-27(20-9-4-3-5-10-20)16-7-13-26-24(29)19-8-6-15-28(18-19)23-21-12-17-30-22(21)11-14-25-23/h3-5,9-12,14,17,19H,2,6-8,13,15-16,18H2,1H3,(H,26,29). The van der Waals surface area contributed by atoms with Crippen LogP contribution in [-0.4, -0.2) is 43.6 Å². The number of hydrogen-bond donors (Lipinski definition) is 1. The van der Waals surface area contributed by atoms with E-state index in [0.29, 0.717) is 0 Å². The zero-order valence-electron chi connectivity index (χ0n) is 17.6. The lowest BCUT2D eigenvalue weighted by Gasteiger charge is -2.33. The molecule has 2 aromatic heterocycles. The van der Waals surface area contributed by atoms with Crippen LogP contribution in [0.2, 0.25) is 0 Å². The minimum absolute atomic E-state index is 0.0332. The van der Waals surface area contributed by atoms with Crippen LogP contribution in [0.5, 0.6) is 0 Å². The molecule has 6 heteroatoms. The second kappa shape index (κ2) is 9.94. The molecule has 158 valence electrons. The number of rotatable bonds is 8. The van der Waals surface area contributed by atoms with E-state index < -0.39 is 0 Å². The lowest BCUT2D eigenvalue weighted by molar-refractivity contribution is -0.125. The lowest BCUT2D eigenvalue weighted by atomic mass is 9.97. The molecule has 0 spiro atoms. The summed E-state index contributed by atoms with van der Waals surface area (Å²) in [6.45, 7) is 6.52. The Morgan fingerprint density at radius 3 is 2.97 bits per heavy atom. The van der Waals surface area contributed by atoms with Crippen molar-refractivity contribution < 1.29 is 4.79 Å². The quantitative estimate of drug-likeness (QED) is 0.541. The highest BCUT2D eigenvalue weighted by Gasteiger charge is 2.27. The lowest BCUT2D eigenvalue weighted by Crippen LogP contribution is -2.44. The van der Waals surface area contributed by atoms with E-state index in [4.69, 9.17) is 0 Å². The van der Waals surface area contributed by atoms with E-state index in [1.807, 2.05) is 12.3 Å². The van der Waals surface area contributed by atoms with Crippen LogP contribution in [-0.2, 0) is 4.79 Å². The molecule has 0 bridgehead atoms. The molecule has 1 unspecified atom stereocenters. The molecule has 1 amide bonds. The number of nitrogens with zero attached hydrogens (tertiary/aromatic N) is 3. The van der Waals surface area contributed by atoms with Gasteiger partial charge in [0.2, 0.25) is 5.91 Å². The SMILES string of the molecule is CCN(CCCNC(=O)C1CCCN(c2nccc3sccc23)C1)c1ccccc1. The van der Waals surface area contributed by atoms with Crippen LogP contribution in [0, 0.1) is 5.92 Å². The van der Waals surface area contributed by atoms with Gasteiger partial charge in [0.1, 0.15) is 5.82 Å². The number of piperidine rings is 1. The summed E-state index contributed by atoms with van der Waals surface area (Å²) in [5.74, 6) is 1.23. The topological polar surface area (TPSA) is 48.5 Å². The molecule has 4 rings (SSSR count). The van der Waals surface area contributed by atoms with Crippen LogP contribution in [0.15, 0.2) is 54.0 Å². The molecule has 1 aromatic carbocycles. The molecule has 0 saturated carbocycles. The minimum atomic E-state index is 0.0332. The summed E-state index contributed by atoms with van der Waals surface area (Å²) in [4.78, 5) is 22.1. The van der Waals surface area contributed by atoms with E-state index in [-0.39, 0.29) is 11.8 Å². The Bertz CT molecular complexity index is 958. The largest absolute Gasteiger partial charge is 0.372 e. The van der Waals surface area contributed by atoms with Crippen molar-refractivity contribution in [1.29, 1.82) is 0 Å². The van der Waals surface area contributed by atoms with Crippen molar-refractivity contribution in [2.75, 3.05) is 42.5 Å². The smallest absolute Gasteiger partial charge is 0.224 e. The highest BCUT2D eigenvalue weighted by molar-refractivity contribution is 7.17. The zero-order valence-corrected chi connectivity index (χ0v) is 18.4. The summed E-state index contributed by atoms with van der Waals surface area (Å²) in [7, 11) is 0. The van der Waals surface area contributed by atoms with E-state index in [0.717, 1.165) is 57.8 Å². The molecule has 30 heavy (non-hydrogen) atoms. The van der Waals surface area contributed by atoms with Gasteiger partial charge < -0.3 is 15.1 Å². The number of carbonyl (C=O) groups is 1. The van der Waals surface area contributed by atoms with Gasteiger partial charge in [0, 0.05) is 54.7 Å². The van der Waals surface area contributed by atoms with Crippen molar-refractivity contribution in [1.82, 2.24) is 10.3 Å². The highest BCUT2D eigenvalue weighted by atomic mass is 32.1. The van der Waals surface area contributed by atoms with Crippen LogP contribution in [0.25, 0.3) is 10.1 Å². The molecule has 1 saturated heterocycles. The highest BCUT2D eigenvalue weighted by Crippen LogP contribution is 2.31. The van der Waals surface area contributed by atoms with Crippen molar-refractivity contribution in [3.8, 4) is 0 Å². The Labute approximate surface area is 182 Å². The Hall–Kier alpha value is -2.60. The number of amides is 1. The van der Waals surface area contributed by atoms with E-state index in [1.54, 1.807) is 11.3 Å². The first-order chi connectivity index (χ1) is 14.8. The number of carbonyl (C=O) groups excluding carboxylic acids is 1. The van der Waals surface area contributed by atoms with Gasteiger partial charge in [0.25, 0.3) is 0 Å². The molecule has 1 aliphatic rings. The van der Waals surface area contributed by atoms with E-state index in [1.165, 1.54) is 15.8 Å². The van der Waals surface area contributed by atoms with Crippen molar-refractivity contribution in [2.24, 2.45) is 5.92 Å². The second-order valence-electron chi connectivity index (χ2n) is 7.81. The number of para-hydroxylation sites is 1. The second-order valence-corrected chi connectivity index (χ2v) is 8.76. The molecular weight excluding hydrogens is 392 g/mol. The van der Waals surface area contributed by atoms with Gasteiger partial charge in [-0.1, -0.05) is 18.2 Å². The third kappa shape index (κ3) is 4.75. The first-order valence-corrected chi connectivity index (χ1v) is 11.8. The monoisotopic (exact) mass is 422 g/mol. The molecule has 0 radical (unpaired) electrons. The molecule has 1 fully saturated rings. The molecule has 5 nitrogen and oxygen atoms in total. The fraction of sp³-hybridized carbons (Fsp3) is 0.417. The third-order valence-electron chi connectivity index (χ3n) is 5.86. The fourth-order valence-corrected chi connectivity index (χ4v) is 5.03. The fourth-order valence-electron chi connectivity index (χ4n) is 4.25. The number of thiophene rings is 1. The Morgan fingerprint density at radius 1 is 1.27 bits per heavy atom. The molecular formula is C24H30N4OS. The van der Waals surface area contributed by atoms with Gasteiger partial charge in [-0.2, -0.15) is 0 Å². The number of fused-ring (bicyclic) bond motifs is 1. The van der Waals surface area contributed by atoms with Gasteiger partial charge in [-0.05, 0) is 55.8 Å². The van der Waals surface area contributed by atoms with Crippen molar-refractivity contribution in [3.63, 3.8) is 0 Å². The van der Waals surface area contributed by atoms with Crippen molar-refractivity contribution in [3.05, 3.63) is 54.0 Å². The zero-order chi connectivity index (χ0) is 20.8. The normalized spacial score (nSPS) is 16.6. The van der Waals surface area contributed by atoms with Crippen LogP contribution in [0.4, 0.5) is 11.5 Å². The Kier molecular flexibility index (Phi) is 6.84. The van der Waals surface area contributed by atoms with Gasteiger partial charge >= 0.3 is 0 Å². The van der Waals surface area contributed by atoms with Crippen LogP contribution in [0.3, 0.4) is 0 Å².